The van der Waals surface area contributed by atoms with Gasteiger partial charge in [-0.3, -0.25) is 9.69 Å². The molecule has 2 saturated heterocycles. The van der Waals surface area contributed by atoms with Gasteiger partial charge in [-0.15, -0.1) is 0 Å². The number of amides is 1. The molecule has 1 amide bonds. The average molecular weight is 378 g/mol. The minimum atomic E-state index is -0.709. The van der Waals surface area contributed by atoms with Crippen LogP contribution >= 0.6 is 0 Å². The average Bonchev–Trinajstić information content (AvgIpc) is 2.90. The van der Waals surface area contributed by atoms with Gasteiger partial charge in [0.1, 0.15) is 11.6 Å². The molecular formula is C21H28F2N2O2. The molecule has 1 atom stereocenters. The van der Waals surface area contributed by atoms with Crippen LogP contribution in [0.25, 0.3) is 0 Å². The predicted octanol–water partition coefficient (Wildman–Crippen LogP) is 3.32. The lowest BCUT2D eigenvalue weighted by Crippen LogP contribution is -2.47. The van der Waals surface area contributed by atoms with Gasteiger partial charge in [0, 0.05) is 56.9 Å². The van der Waals surface area contributed by atoms with Crippen LogP contribution in [-0.2, 0) is 4.74 Å². The number of piperidine rings is 1. The van der Waals surface area contributed by atoms with Gasteiger partial charge in [0.25, 0.3) is 5.91 Å². The second-order valence-corrected chi connectivity index (χ2v) is 8.48. The standard InChI is InChI=1S/C21H28F2N2O2/c1-27-13-16-12-25(19-3-2-4-19)14-21(16)5-7-24(8-6-21)20(26)15-9-17(22)11-18(23)10-15/h9-11,16,19H,2-8,12-14H2,1H3. The highest BCUT2D eigenvalue weighted by Crippen LogP contribution is 2.47. The van der Waals surface area contributed by atoms with E-state index in [0.29, 0.717) is 19.0 Å². The molecule has 0 bridgehead atoms. The maximum atomic E-state index is 13.5. The Bertz CT molecular complexity index is 679. The van der Waals surface area contributed by atoms with E-state index < -0.39 is 11.6 Å². The van der Waals surface area contributed by atoms with Gasteiger partial charge >= 0.3 is 0 Å². The molecule has 2 heterocycles. The normalized spacial score (nSPS) is 25.7. The van der Waals surface area contributed by atoms with Crippen LogP contribution in [0.1, 0.15) is 42.5 Å². The number of hydrogen-bond donors (Lipinski definition) is 0. The summed E-state index contributed by atoms with van der Waals surface area (Å²) >= 11 is 0. The minimum Gasteiger partial charge on any atom is -0.384 e. The summed E-state index contributed by atoms with van der Waals surface area (Å²) < 4.78 is 32.4. The molecule has 3 aliphatic rings. The van der Waals surface area contributed by atoms with Crippen LogP contribution in [0, 0.1) is 23.0 Å². The van der Waals surface area contributed by atoms with Gasteiger partial charge in [0.2, 0.25) is 0 Å². The van der Waals surface area contributed by atoms with Gasteiger partial charge < -0.3 is 9.64 Å². The van der Waals surface area contributed by atoms with Crippen molar-refractivity contribution in [3.63, 3.8) is 0 Å². The number of rotatable bonds is 4. The lowest BCUT2D eigenvalue weighted by molar-refractivity contribution is 0.0312. The molecule has 1 unspecified atom stereocenters. The Morgan fingerprint density at radius 3 is 2.41 bits per heavy atom. The first-order valence-electron chi connectivity index (χ1n) is 9.99. The molecule has 0 radical (unpaired) electrons. The Hall–Kier alpha value is -1.53. The fourth-order valence-corrected chi connectivity index (χ4v) is 5.12. The van der Waals surface area contributed by atoms with Gasteiger partial charge in [0.15, 0.2) is 0 Å². The Morgan fingerprint density at radius 2 is 1.85 bits per heavy atom. The minimum absolute atomic E-state index is 0.0967. The number of nitrogens with zero attached hydrogens (tertiary/aromatic N) is 2. The third-order valence-corrected chi connectivity index (χ3v) is 6.95. The molecule has 1 spiro atoms. The Labute approximate surface area is 159 Å². The van der Waals surface area contributed by atoms with E-state index in [2.05, 4.69) is 4.90 Å². The number of hydrogen-bond acceptors (Lipinski definition) is 3. The van der Waals surface area contributed by atoms with E-state index in [0.717, 1.165) is 56.8 Å². The molecule has 6 heteroatoms. The van der Waals surface area contributed by atoms with Gasteiger partial charge in [-0.1, -0.05) is 6.42 Å². The number of likely N-dealkylation sites (tertiary alicyclic amines) is 2. The number of carbonyl (C=O) groups excluding carboxylic acids is 1. The van der Waals surface area contributed by atoms with Gasteiger partial charge in [-0.2, -0.15) is 0 Å². The van der Waals surface area contributed by atoms with Crippen LogP contribution in [0.15, 0.2) is 18.2 Å². The topological polar surface area (TPSA) is 32.8 Å². The van der Waals surface area contributed by atoms with E-state index in [-0.39, 0.29) is 16.9 Å². The molecular weight excluding hydrogens is 350 g/mol. The highest BCUT2D eigenvalue weighted by atomic mass is 19.1. The van der Waals surface area contributed by atoms with Crippen molar-refractivity contribution in [2.24, 2.45) is 11.3 Å². The van der Waals surface area contributed by atoms with Crippen LogP contribution in [0.4, 0.5) is 8.78 Å². The molecule has 4 rings (SSSR count). The summed E-state index contributed by atoms with van der Waals surface area (Å²) in [5.74, 6) is -1.20. The quantitative estimate of drug-likeness (QED) is 0.806. The van der Waals surface area contributed by atoms with E-state index in [1.807, 2.05) is 0 Å². The molecule has 3 fully saturated rings. The fraction of sp³-hybridized carbons (Fsp3) is 0.667. The van der Waals surface area contributed by atoms with E-state index in [9.17, 15) is 13.6 Å². The molecule has 2 aliphatic heterocycles. The largest absolute Gasteiger partial charge is 0.384 e. The SMILES string of the molecule is COCC1CN(C2CCC2)CC12CCN(C(=O)c1cc(F)cc(F)c1)CC2. The highest BCUT2D eigenvalue weighted by Gasteiger charge is 2.50. The molecule has 0 N–H and O–H groups in total. The van der Waals surface area contributed by atoms with E-state index in [4.69, 9.17) is 4.74 Å². The number of benzene rings is 1. The second-order valence-electron chi connectivity index (χ2n) is 8.48. The first-order chi connectivity index (χ1) is 13.0. The van der Waals surface area contributed by atoms with Crippen LogP contribution in [0.5, 0.6) is 0 Å². The maximum Gasteiger partial charge on any atom is 0.254 e. The lowest BCUT2D eigenvalue weighted by atomic mass is 9.71. The van der Waals surface area contributed by atoms with Crippen molar-refractivity contribution in [2.75, 3.05) is 39.9 Å². The van der Waals surface area contributed by atoms with Crippen molar-refractivity contribution in [1.82, 2.24) is 9.80 Å². The summed E-state index contributed by atoms with van der Waals surface area (Å²) in [6.07, 6.45) is 5.77. The third kappa shape index (κ3) is 3.61. The van der Waals surface area contributed by atoms with Crippen molar-refractivity contribution in [3.05, 3.63) is 35.4 Å². The van der Waals surface area contributed by atoms with Crippen LogP contribution in [-0.4, -0.2) is 61.6 Å². The molecule has 4 nitrogen and oxygen atoms in total. The van der Waals surface area contributed by atoms with Gasteiger partial charge in [-0.25, -0.2) is 8.78 Å². The van der Waals surface area contributed by atoms with Crippen molar-refractivity contribution in [2.45, 2.75) is 38.1 Å². The lowest BCUT2D eigenvalue weighted by Gasteiger charge is -2.43. The molecule has 1 aliphatic carbocycles. The summed E-state index contributed by atoms with van der Waals surface area (Å²) in [4.78, 5) is 17.1. The molecule has 1 saturated carbocycles. The van der Waals surface area contributed by atoms with Gasteiger partial charge in [0.05, 0.1) is 6.61 Å². The molecule has 0 aromatic heterocycles. The van der Waals surface area contributed by atoms with Crippen LogP contribution < -0.4 is 0 Å². The summed E-state index contributed by atoms with van der Waals surface area (Å²) in [5.41, 5.74) is 0.287. The van der Waals surface area contributed by atoms with E-state index in [1.54, 1.807) is 12.0 Å². The van der Waals surface area contributed by atoms with E-state index >= 15 is 0 Å². The van der Waals surface area contributed by atoms with Crippen molar-refractivity contribution in [3.8, 4) is 0 Å². The zero-order valence-corrected chi connectivity index (χ0v) is 15.9. The van der Waals surface area contributed by atoms with Crippen LogP contribution in [0.3, 0.4) is 0 Å². The molecule has 1 aromatic carbocycles. The molecule has 148 valence electrons. The van der Waals surface area contributed by atoms with E-state index in [1.165, 1.54) is 19.3 Å². The predicted molar refractivity (Wildman–Crippen MR) is 98.5 cm³/mol. The third-order valence-electron chi connectivity index (χ3n) is 6.95. The fourth-order valence-electron chi connectivity index (χ4n) is 5.12. The summed E-state index contributed by atoms with van der Waals surface area (Å²) in [6, 6.07) is 3.76. The Morgan fingerprint density at radius 1 is 1.19 bits per heavy atom. The summed E-state index contributed by atoms with van der Waals surface area (Å²) in [7, 11) is 1.76. The summed E-state index contributed by atoms with van der Waals surface area (Å²) in [5, 5.41) is 0. The van der Waals surface area contributed by atoms with Crippen LogP contribution in [0.2, 0.25) is 0 Å². The smallest absolute Gasteiger partial charge is 0.254 e. The summed E-state index contributed by atoms with van der Waals surface area (Å²) in [6.45, 7) is 4.20. The first-order valence-corrected chi connectivity index (χ1v) is 9.99. The number of carbonyl (C=O) groups is 1. The first kappa shape index (κ1) is 18.8. The van der Waals surface area contributed by atoms with Gasteiger partial charge in [-0.05, 0) is 43.2 Å². The van der Waals surface area contributed by atoms with Crippen molar-refractivity contribution in [1.29, 1.82) is 0 Å². The monoisotopic (exact) mass is 378 g/mol. The second kappa shape index (κ2) is 7.47. The van der Waals surface area contributed by atoms with Crippen molar-refractivity contribution >= 4 is 5.91 Å². The Kier molecular flexibility index (Phi) is 5.21. The molecule has 1 aromatic rings. The zero-order valence-electron chi connectivity index (χ0n) is 15.9. The zero-order chi connectivity index (χ0) is 19.0. The maximum absolute atomic E-state index is 13.5. The number of halogens is 2. The Balaban J connectivity index is 1.44. The molecule has 27 heavy (non-hydrogen) atoms. The number of methoxy groups -OCH3 is 1. The van der Waals surface area contributed by atoms with Crippen molar-refractivity contribution < 1.29 is 18.3 Å². The highest BCUT2D eigenvalue weighted by molar-refractivity contribution is 5.94. The number of ether oxygens (including phenoxy) is 1.